The molecule has 0 fully saturated rings. The fourth-order valence-corrected chi connectivity index (χ4v) is 3.45. The fraction of sp³-hybridized carbons (Fsp3) is 0.385. The van der Waals surface area contributed by atoms with Crippen LogP contribution in [-0.2, 0) is 20.7 Å². The number of rotatable bonds is 11. The standard InChI is InChI=1S/C26H32N2O4/c1-5-16-32-22-13-9-20(10-14-22)23-24(27-21-11-7-19(6-2)8-12-21)26(30)28(25(23)29)15-17-31-18(3)4/h7-14,18,27H,5-6,15-17H2,1-4H3. The number of nitrogens with zero attached hydrogens (tertiary/aromatic N) is 1. The molecule has 0 atom stereocenters. The van der Waals surface area contributed by atoms with Gasteiger partial charge in [-0.05, 0) is 62.1 Å². The molecule has 2 aromatic carbocycles. The molecule has 0 radical (unpaired) electrons. The van der Waals surface area contributed by atoms with E-state index in [1.807, 2.05) is 69.3 Å². The summed E-state index contributed by atoms with van der Waals surface area (Å²) in [6, 6.07) is 15.2. The van der Waals surface area contributed by atoms with Gasteiger partial charge in [0.15, 0.2) is 0 Å². The van der Waals surface area contributed by atoms with Gasteiger partial charge in [0, 0.05) is 5.69 Å². The van der Waals surface area contributed by atoms with Crippen molar-refractivity contribution < 1.29 is 19.1 Å². The summed E-state index contributed by atoms with van der Waals surface area (Å²) < 4.78 is 11.2. The molecular weight excluding hydrogens is 404 g/mol. The van der Waals surface area contributed by atoms with Crippen molar-refractivity contribution >= 4 is 23.1 Å². The molecule has 0 saturated carbocycles. The van der Waals surface area contributed by atoms with E-state index in [2.05, 4.69) is 12.2 Å². The molecule has 1 N–H and O–H groups in total. The minimum Gasteiger partial charge on any atom is -0.494 e. The van der Waals surface area contributed by atoms with Crippen LogP contribution >= 0.6 is 0 Å². The molecule has 0 spiro atoms. The molecule has 3 rings (SSSR count). The summed E-state index contributed by atoms with van der Waals surface area (Å²) in [6.45, 7) is 9.11. The summed E-state index contributed by atoms with van der Waals surface area (Å²) in [5, 5.41) is 3.19. The summed E-state index contributed by atoms with van der Waals surface area (Å²) in [5.41, 5.74) is 3.28. The second-order valence-corrected chi connectivity index (χ2v) is 7.98. The first-order valence-corrected chi connectivity index (χ1v) is 11.3. The monoisotopic (exact) mass is 436 g/mol. The highest BCUT2D eigenvalue weighted by atomic mass is 16.5. The lowest BCUT2D eigenvalue weighted by Crippen LogP contribution is -2.35. The number of anilines is 1. The maximum Gasteiger partial charge on any atom is 0.278 e. The van der Waals surface area contributed by atoms with Gasteiger partial charge in [-0.15, -0.1) is 0 Å². The Balaban J connectivity index is 1.91. The average Bonchev–Trinajstić information content (AvgIpc) is 3.02. The molecule has 170 valence electrons. The maximum absolute atomic E-state index is 13.3. The van der Waals surface area contributed by atoms with E-state index in [0.29, 0.717) is 24.4 Å². The Morgan fingerprint density at radius 1 is 0.906 bits per heavy atom. The minimum absolute atomic E-state index is 0.0283. The number of aryl methyl sites for hydroxylation is 1. The molecule has 6 heteroatoms. The molecule has 0 aromatic heterocycles. The number of hydrogen-bond donors (Lipinski definition) is 1. The van der Waals surface area contributed by atoms with Crippen molar-refractivity contribution in [3.05, 3.63) is 65.4 Å². The summed E-state index contributed by atoms with van der Waals surface area (Å²) in [7, 11) is 0. The van der Waals surface area contributed by atoms with Crippen LogP contribution in [0, 0.1) is 0 Å². The molecule has 0 saturated heterocycles. The van der Waals surface area contributed by atoms with E-state index in [9.17, 15) is 9.59 Å². The van der Waals surface area contributed by atoms with Crippen molar-refractivity contribution in [1.82, 2.24) is 4.90 Å². The first-order chi connectivity index (χ1) is 15.4. The normalized spacial score (nSPS) is 14.0. The molecule has 2 amide bonds. The summed E-state index contributed by atoms with van der Waals surface area (Å²) in [5.74, 6) is 0.0697. The van der Waals surface area contributed by atoms with Crippen LogP contribution in [0.3, 0.4) is 0 Å². The zero-order valence-electron chi connectivity index (χ0n) is 19.3. The first-order valence-electron chi connectivity index (χ1n) is 11.3. The smallest absolute Gasteiger partial charge is 0.278 e. The fourth-order valence-electron chi connectivity index (χ4n) is 3.45. The van der Waals surface area contributed by atoms with Gasteiger partial charge >= 0.3 is 0 Å². The van der Waals surface area contributed by atoms with E-state index < -0.39 is 0 Å². The Kier molecular flexibility index (Phi) is 8.06. The van der Waals surface area contributed by atoms with Crippen LogP contribution < -0.4 is 10.1 Å². The third kappa shape index (κ3) is 5.56. The van der Waals surface area contributed by atoms with Gasteiger partial charge in [-0.1, -0.05) is 38.1 Å². The molecule has 32 heavy (non-hydrogen) atoms. The van der Waals surface area contributed by atoms with Crippen molar-refractivity contribution in [3.63, 3.8) is 0 Å². The van der Waals surface area contributed by atoms with Gasteiger partial charge < -0.3 is 14.8 Å². The van der Waals surface area contributed by atoms with Gasteiger partial charge in [0.25, 0.3) is 11.8 Å². The van der Waals surface area contributed by atoms with Crippen molar-refractivity contribution in [1.29, 1.82) is 0 Å². The average molecular weight is 437 g/mol. The summed E-state index contributed by atoms with van der Waals surface area (Å²) >= 11 is 0. The molecule has 0 bridgehead atoms. The summed E-state index contributed by atoms with van der Waals surface area (Å²) in [4.78, 5) is 27.7. The van der Waals surface area contributed by atoms with Gasteiger partial charge in [-0.3, -0.25) is 14.5 Å². The number of carbonyl (C=O) groups excluding carboxylic acids is 2. The third-order valence-corrected chi connectivity index (χ3v) is 5.18. The minimum atomic E-state index is -0.344. The Labute approximate surface area is 190 Å². The lowest BCUT2D eigenvalue weighted by atomic mass is 10.0. The number of carbonyl (C=O) groups is 2. The number of nitrogens with one attached hydrogen (secondary N) is 1. The Morgan fingerprint density at radius 2 is 1.59 bits per heavy atom. The van der Waals surface area contributed by atoms with Crippen molar-refractivity contribution in [2.45, 2.75) is 46.6 Å². The van der Waals surface area contributed by atoms with Crippen LogP contribution in [-0.4, -0.2) is 42.6 Å². The van der Waals surface area contributed by atoms with E-state index in [1.54, 1.807) is 0 Å². The summed E-state index contributed by atoms with van der Waals surface area (Å²) in [6.07, 6.45) is 1.88. The number of benzene rings is 2. The zero-order valence-corrected chi connectivity index (χ0v) is 19.3. The second-order valence-electron chi connectivity index (χ2n) is 7.98. The van der Waals surface area contributed by atoms with E-state index in [4.69, 9.17) is 9.47 Å². The van der Waals surface area contributed by atoms with Crippen LogP contribution in [0.4, 0.5) is 5.69 Å². The Hall–Kier alpha value is -3.12. The lowest BCUT2D eigenvalue weighted by Gasteiger charge is -2.16. The van der Waals surface area contributed by atoms with Gasteiger partial charge in [0.1, 0.15) is 11.4 Å². The molecule has 0 aliphatic carbocycles. The molecule has 1 aliphatic rings. The van der Waals surface area contributed by atoms with Gasteiger partial charge in [0.2, 0.25) is 0 Å². The highest BCUT2D eigenvalue weighted by Crippen LogP contribution is 2.31. The highest BCUT2D eigenvalue weighted by molar-refractivity contribution is 6.36. The molecule has 2 aromatic rings. The zero-order chi connectivity index (χ0) is 23.1. The maximum atomic E-state index is 13.3. The SMILES string of the molecule is CCCOc1ccc(C2=C(Nc3ccc(CC)cc3)C(=O)N(CCOC(C)C)C2=O)cc1. The van der Waals surface area contributed by atoms with Gasteiger partial charge in [-0.2, -0.15) is 0 Å². The number of hydrogen-bond acceptors (Lipinski definition) is 5. The Morgan fingerprint density at radius 3 is 2.19 bits per heavy atom. The second kappa shape index (κ2) is 11.0. The van der Waals surface area contributed by atoms with Crippen LogP contribution in [0.25, 0.3) is 5.57 Å². The van der Waals surface area contributed by atoms with Crippen LogP contribution in [0.15, 0.2) is 54.2 Å². The molecular formula is C26H32N2O4. The topological polar surface area (TPSA) is 67.9 Å². The van der Waals surface area contributed by atoms with E-state index in [-0.39, 0.29) is 30.2 Å². The lowest BCUT2D eigenvalue weighted by molar-refractivity contribution is -0.137. The van der Waals surface area contributed by atoms with Gasteiger partial charge in [-0.25, -0.2) is 0 Å². The van der Waals surface area contributed by atoms with Crippen molar-refractivity contribution in [2.75, 3.05) is 25.1 Å². The molecule has 0 unspecified atom stereocenters. The first kappa shape index (κ1) is 23.5. The van der Waals surface area contributed by atoms with Crippen molar-refractivity contribution in [2.24, 2.45) is 0 Å². The number of imide groups is 1. The predicted molar refractivity (Wildman–Crippen MR) is 126 cm³/mol. The number of amides is 2. The van der Waals surface area contributed by atoms with E-state index in [1.165, 1.54) is 10.5 Å². The van der Waals surface area contributed by atoms with E-state index in [0.717, 1.165) is 24.3 Å². The quantitative estimate of drug-likeness (QED) is 0.519. The van der Waals surface area contributed by atoms with Crippen LogP contribution in [0.1, 0.15) is 45.2 Å². The predicted octanol–water partition coefficient (Wildman–Crippen LogP) is 4.65. The number of ether oxygens (including phenoxy) is 2. The largest absolute Gasteiger partial charge is 0.494 e. The third-order valence-electron chi connectivity index (χ3n) is 5.18. The molecule has 6 nitrogen and oxygen atoms in total. The van der Waals surface area contributed by atoms with Crippen LogP contribution in [0.5, 0.6) is 5.75 Å². The molecule has 1 aliphatic heterocycles. The highest BCUT2D eigenvalue weighted by Gasteiger charge is 2.39. The van der Waals surface area contributed by atoms with E-state index >= 15 is 0 Å². The molecule has 1 heterocycles. The van der Waals surface area contributed by atoms with Crippen molar-refractivity contribution in [3.8, 4) is 5.75 Å². The van der Waals surface area contributed by atoms with Crippen LogP contribution in [0.2, 0.25) is 0 Å². The Bertz CT molecular complexity index is 962. The van der Waals surface area contributed by atoms with Gasteiger partial charge in [0.05, 0.1) is 31.4 Å².